The summed E-state index contributed by atoms with van der Waals surface area (Å²) < 4.78 is 11.0. The van der Waals surface area contributed by atoms with Crippen molar-refractivity contribution in [3.8, 4) is 11.5 Å². The highest BCUT2D eigenvalue weighted by Gasteiger charge is 2.47. The van der Waals surface area contributed by atoms with Gasteiger partial charge in [-0.1, -0.05) is 42.5 Å². The number of para-hydroxylation sites is 2. The molecule has 1 aliphatic heterocycles. The monoisotopic (exact) mass is 443 g/mol. The Bertz CT molecular complexity index is 1230. The number of ether oxygens (including phenoxy) is 2. The fourth-order valence-electron chi connectivity index (χ4n) is 4.13. The third-order valence-corrected chi connectivity index (χ3v) is 5.65. The molecule has 1 unspecified atom stereocenters. The van der Waals surface area contributed by atoms with Gasteiger partial charge in [0, 0.05) is 5.56 Å². The zero-order chi connectivity index (χ0) is 23.5. The van der Waals surface area contributed by atoms with Crippen LogP contribution in [0.2, 0.25) is 0 Å². The molecule has 0 saturated carbocycles. The van der Waals surface area contributed by atoms with Crippen molar-refractivity contribution in [2.75, 3.05) is 18.6 Å². The summed E-state index contributed by atoms with van der Waals surface area (Å²) in [6.07, 6.45) is 0. The maximum absolute atomic E-state index is 13.3. The van der Waals surface area contributed by atoms with Gasteiger partial charge in [-0.15, -0.1) is 0 Å². The van der Waals surface area contributed by atoms with Crippen LogP contribution in [0.5, 0.6) is 11.5 Å². The van der Waals surface area contributed by atoms with Gasteiger partial charge in [-0.3, -0.25) is 14.5 Å². The maximum Gasteiger partial charge on any atom is 0.300 e. The van der Waals surface area contributed by atoms with Crippen molar-refractivity contribution in [3.05, 3.63) is 95.1 Å². The van der Waals surface area contributed by atoms with Gasteiger partial charge in [0.2, 0.25) is 0 Å². The van der Waals surface area contributed by atoms with E-state index < -0.39 is 17.7 Å². The maximum atomic E-state index is 13.3. The Kier molecular flexibility index (Phi) is 6.18. The second-order valence-corrected chi connectivity index (χ2v) is 7.66. The molecule has 0 aromatic heterocycles. The van der Waals surface area contributed by atoms with Crippen molar-refractivity contribution in [2.45, 2.75) is 19.9 Å². The Balaban J connectivity index is 1.92. The lowest BCUT2D eigenvalue weighted by atomic mass is 9.94. The predicted molar refractivity (Wildman–Crippen MR) is 127 cm³/mol. The number of hydrogen-bond donors (Lipinski definition) is 1. The van der Waals surface area contributed by atoms with Crippen molar-refractivity contribution in [2.24, 2.45) is 0 Å². The van der Waals surface area contributed by atoms with Gasteiger partial charge in [-0.25, -0.2) is 0 Å². The molecule has 0 bridgehead atoms. The number of aliphatic hydroxyl groups excluding tert-OH is 1. The first-order chi connectivity index (χ1) is 16.0. The van der Waals surface area contributed by atoms with Gasteiger partial charge in [0.25, 0.3) is 11.7 Å². The van der Waals surface area contributed by atoms with Crippen LogP contribution in [-0.4, -0.2) is 30.5 Å². The van der Waals surface area contributed by atoms with E-state index in [-0.39, 0.29) is 11.3 Å². The summed E-state index contributed by atoms with van der Waals surface area (Å²) in [6, 6.07) is 20.6. The van der Waals surface area contributed by atoms with E-state index in [1.807, 2.05) is 44.2 Å². The fourth-order valence-corrected chi connectivity index (χ4v) is 4.13. The predicted octanol–water partition coefficient (Wildman–Crippen LogP) is 5.03. The van der Waals surface area contributed by atoms with Crippen LogP contribution in [0.3, 0.4) is 0 Å². The molecule has 4 rings (SSSR count). The largest absolute Gasteiger partial charge is 0.507 e. The highest BCUT2D eigenvalue weighted by Crippen LogP contribution is 2.44. The molecule has 0 aliphatic carbocycles. The minimum absolute atomic E-state index is 0.0284. The summed E-state index contributed by atoms with van der Waals surface area (Å²) in [5.41, 5.74) is 2.44. The van der Waals surface area contributed by atoms with Gasteiger partial charge in [0.15, 0.2) is 0 Å². The van der Waals surface area contributed by atoms with Crippen LogP contribution >= 0.6 is 0 Å². The van der Waals surface area contributed by atoms with Crippen LogP contribution < -0.4 is 14.4 Å². The molecule has 1 heterocycles. The van der Waals surface area contributed by atoms with E-state index >= 15 is 0 Å². The molecule has 1 atom stereocenters. The Morgan fingerprint density at radius 3 is 2.33 bits per heavy atom. The number of Topliss-reactive ketones (excluding diaryl/α,β-unsaturated/α-hetero) is 1. The molecule has 168 valence electrons. The normalized spacial score (nSPS) is 17.3. The average molecular weight is 443 g/mol. The zero-order valence-corrected chi connectivity index (χ0v) is 18.7. The number of carbonyl (C=O) groups is 2. The van der Waals surface area contributed by atoms with Gasteiger partial charge in [-0.05, 0) is 55.3 Å². The molecular weight excluding hydrogens is 418 g/mol. The van der Waals surface area contributed by atoms with Gasteiger partial charge in [-0.2, -0.15) is 0 Å². The number of nitrogens with zero attached hydrogens (tertiary/aromatic N) is 1. The third kappa shape index (κ3) is 3.96. The number of benzene rings is 3. The number of hydrogen-bond acceptors (Lipinski definition) is 5. The second-order valence-electron chi connectivity index (χ2n) is 7.66. The molecule has 1 aliphatic rings. The first kappa shape index (κ1) is 22.1. The first-order valence-corrected chi connectivity index (χ1v) is 10.7. The van der Waals surface area contributed by atoms with Crippen LogP contribution in [-0.2, 0) is 9.59 Å². The summed E-state index contributed by atoms with van der Waals surface area (Å²) in [5.74, 6) is -0.553. The lowest BCUT2D eigenvalue weighted by Gasteiger charge is -2.26. The Morgan fingerprint density at radius 2 is 1.67 bits per heavy atom. The Labute approximate surface area is 192 Å². The lowest BCUT2D eigenvalue weighted by Crippen LogP contribution is -2.29. The van der Waals surface area contributed by atoms with E-state index in [0.29, 0.717) is 34.9 Å². The molecule has 0 radical (unpaired) electrons. The second kappa shape index (κ2) is 9.20. The van der Waals surface area contributed by atoms with E-state index in [4.69, 9.17) is 9.47 Å². The quantitative estimate of drug-likeness (QED) is 0.329. The summed E-state index contributed by atoms with van der Waals surface area (Å²) in [4.78, 5) is 27.9. The van der Waals surface area contributed by atoms with Gasteiger partial charge in [0.05, 0.1) is 31.0 Å². The highest BCUT2D eigenvalue weighted by molar-refractivity contribution is 6.51. The molecule has 1 N–H and O–H groups in total. The topological polar surface area (TPSA) is 76.1 Å². The third-order valence-electron chi connectivity index (χ3n) is 5.65. The SMILES string of the molecule is CCOc1ccc(/C(O)=C2/C(=O)C(=O)N(c3ccccc3OC)C2c2ccccc2)cc1C. The number of rotatable bonds is 6. The minimum atomic E-state index is -0.811. The zero-order valence-electron chi connectivity index (χ0n) is 18.7. The van der Waals surface area contributed by atoms with Crippen LogP contribution in [0, 0.1) is 6.92 Å². The average Bonchev–Trinajstić information content (AvgIpc) is 3.10. The van der Waals surface area contributed by atoms with Crippen LogP contribution in [0.15, 0.2) is 78.4 Å². The molecule has 0 spiro atoms. The molecule has 6 heteroatoms. The van der Waals surface area contributed by atoms with Crippen molar-refractivity contribution in [3.63, 3.8) is 0 Å². The Morgan fingerprint density at radius 1 is 0.970 bits per heavy atom. The number of aryl methyl sites for hydroxylation is 1. The van der Waals surface area contributed by atoms with Crippen molar-refractivity contribution >= 4 is 23.1 Å². The van der Waals surface area contributed by atoms with Gasteiger partial charge in [0.1, 0.15) is 17.3 Å². The van der Waals surface area contributed by atoms with E-state index in [1.165, 1.54) is 12.0 Å². The van der Waals surface area contributed by atoms with Crippen molar-refractivity contribution in [1.29, 1.82) is 0 Å². The summed E-state index contributed by atoms with van der Waals surface area (Å²) in [6.45, 7) is 4.28. The minimum Gasteiger partial charge on any atom is -0.507 e. The lowest BCUT2D eigenvalue weighted by molar-refractivity contribution is -0.132. The van der Waals surface area contributed by atoms with Crippen LogP contribution in [0.4, 0.5) is 5.69 Å². The molecule has 1 fully saturated rings. The van der Waals surface area contributed by atoms with Crippen molar-refractivity contribution in [1.82, 2.24) is 0 Å². The number of aliphatic hydroxyl groups is 1. The highest BCUT2D eigenvalue weighted by atomic mass is 16.5. The molecule has 6 nitrogen and oxygen atoms in total. The summed E-state index contributed by atoms with van der Waals surface area (Å²) >= 11 is 0. The molecule has 1 amide bonds. The number of carbonyl (C=O) groups excluding carboxylic acids is 2. The smallest absolute Gasteiger partial charge is 0.300 e. The number of anilines is 1. The molecular formula is C27H25NO5. The van der Waals surface area contributed by atoms with E-state index in [1.54, 1.807) is 42.5 Å². The van der Waals surface area contributed by atoms with Crippen molar-refractivity contribution < 1.29 is 24.2 Å². The van der Waals surface area contributed by atoms with Crippen LogP contribution in [0.1, 0.15) is 29.7 Å². The number of methoxy groups -OCH3 is 1. The summed E-state index contributed by atoms with van der Waals surface area (Å²) in [5, 5.41) is 11.3. The van der Waals surface area contributed by atoms with Gasteiger partial charge < -0.3 is 14.6 Å². The van der Waals surface area contributed by atoms with E-state index in [9.17, 15) is 14.7 Å². The fraction of sp³-hybridized carbons (Fsp3) is 0.185. The molecule has 33 heavy (non-hydrogen) atoms. The van der Waals surface area contributed by atoms with E-state index in [2.05, 4.69) is 0 Å². The van der Waals surface area contributed by atoms with Crippen LogP contribution in [0.25, 0.3) is 5.76 Å². The van der Waals surface area contributed by atoms with E-state index in [0.717, 1.165) is 5.56 Å². The number of ketones is 1. The number of amides is 1. The first-order valence-electron chi connectivity index (χ1n) is 10.7. The standard InChI is InChI=1S/C27H25NO5/c1-4-33-21-15-14-19(16-17(21)2)25(29)23-24(18-10-6-5-7-11-18)28(27(31)26(23)30)20-12-8-9-13-22(20)32-3/h5-16,24,29H,4H2,1-3H3/b25-23-. The Hall–Kier alpha value is -4.06. The molecule has 3 aromatic rings. The van der Waals surface area contributed by atoms with Gasteiger partial charge >= 0.3 is 0 Å². The molecule has 1 saturated heterocycles. The molecule has 3 aromatic carbocycles. The summed E-state index contributed by atoms with van der Waals surface area (Å²) in [7, 11) is 1.51.